The minimum absolute atomic E-state index is 0.423. The van der Waals surface area contributed by atoms with Crippen LogP contribution in [0.1, 0.15) is 65.6 Å². The van der Waals surface area contributed by atoms with Crippen LogP contribution in [0.4, 0.5) is 0 Å². The Hall–Kier alpha value is -0.830. The average Bonchev–Trinajstić information content (AvgIpc) is 2.69. The zero-order valence-corrected chi connectivity index (χ0v) is 13.2. The van der Waals surface area contributed by atoms with E-state index in [1.165, 1.54) is 25.0 Å². The molecule has 0 aliphatic heterocycles. The molecule has 108 valence electrons. The molecule has 3 nitrogen and oxygen atoms in total. The van der Waals surface area contributed by atoms with Gasteiger partial charge in [-0.05, 0) is 36.6 Å². The fourth-order valence-electron chi connectivity index (χ4n) is 4.04. The topological polar surface area (TPSA) is 29.9 Å². The number of imidazole rings is 1. The number of nitrogens with zero attached hydrogens (tertiary/aromatic N) is 2. The maximum atomic E-state index is 4.37. The molecular formula is C16H29N3. The van der Waals surface area contributed by atoms with Gasteiger partial charge in [-0.25, -0.2) is 4.98 Å². The van der Waals surface area contributed by atoms with Crippen LogP contribution in [0.3, 0.4) is 0 Å². The van der Waals surface area contributed by atoms with Crippen LogP contribution >= 0.6 is 0 Å². The lowest BCUT2D eigenvalue weighted by Crippen LogP contribution is -2.35. The minimum Gasteiger partial charge on any atom is -0.330 e. The summed E-state index contributed by atoms with van der Waals surface area (Å²) in [5.41, 5.74) is 2.17. The number of nitrogens with one attached hydrogen (secondary N) is 1. The maximum Gasteiger partial charge on any atom is 0.0951 e. The van der Waals surface area contributed by atoms with E-state index < -0.39 is 0 Å². The fraction of sp³-hybridized carbons (Fsp3) is 0.812. The van der Waals surface area contributed by atoms with E-state index in [-0.39, 0.29) is 0 Å². The number of rotatable bonds is 4. The largest absolute Gasteiger partial charge is 0.330 e. The van der Waals surface area contributed by atoms with Crippen molar-refractivity contribution in [1.29, 1.82) is 0 Å². The third kappa shape index (κ3) is 3.59. The van der Waals surface area contributed by atoms with Gasteiger partial charge in [0.05, 0.1) is 12.0 Å². The lowest BCUT2D eigenvalue weighted by Gasteiger charge is -2.45. The van der Waals surface area contributed by atoms with Crippen molar-refractivity contribution in [2.45, 2.75) is 66.5 Å². The van der Waals surface area contributed by atoms with Gasteiger partial charge in [-0.15, -0.1) is 0 Å². The monoisotopic (exact) mass is 263 g/mol. The molecule has 1 N–H and O–H groups in total. The van der Waals surface area contributed by atoms with Gasteiger partial charge in [0.1, 0.15) is 0 Å². The van der Waals surface area contributed by atoms with Crippen molar-refractivity contribution in [3.8, 4) is 0 Å². The predicted octanol–water partition coefficient (Wildman–Crippen LogP) is 3.77. The summed E-state index contributed by atoms with van der Waals surface area (Å²) in [5, 5.41) is 3.41. The van der Waals surface area contributed by atoms with Gasteiger partial charge in [-0.2, -0.15) is 0 Å². The maximum absolute atomic E-state index is 4.37. The highest BCUT2D eigenvalue weighted by Crippen LogP contribution is 2.50. The van der Waals surface area contributed by atoms with Crippen LogP contribution < -0.4 is 5.32 Å². The summed E-state index contributed by atoms with van der Waals surface area (Å²) in [4.78, 5) is 4.37. The van der Waals surface area contributed by atoms with Crippen molar-refractivity contribution in [3.05, 3.63) is 18.2 Å². The molecule has 1 aliphatic carbocycles. The average molecular weight is 263 g/mol. The number of aromatic nitrogens is 2. The molecule has 0 aromatic carbocycles. The van der Waals surface area contributed by atoms with E-state index >= 15 is 0 Å². The summed E-state index contributed by atoms with van der Waals surface area (Å²) in [6.45, 7) is 13.7. The normalized spacial score (nSPS) is 22.6. The molecule has 1 aromatic rings. The van der Waals surface area contributed by atoms with E-state index in [9.17, 15) is 0 Å². The van der Waals surface area contributed by atoms with Gasteiger partial charge < -0.3 is 9.88 Å². The summed E-state index contributed by atoms with van der Waals surface area (Å²) in [6.07, 6.45) is 7.86. The Balaban J connectivity index is 2.19. The van der Waals surface area contributed by atoms with Crippen molar-refractivity contribution in [1.82, 2.24) is 14.9 Å². The molecule has 0 spiro atoms. The Morgan fingerprint density at radius 1 is 1.26 bits per heavy atom. The SMILES string of the molecule is CCNCc1cncn1C1CC(C)(C)CC(C)(C)C1. The summed E-state index contributed by atoms with van der Waals surface area (Å²) in [7, 11) is 0. The first-order chi connectivity index (χ1) is 8.83. The second kappa shape index (κ2) is 5.28. The molecule has 2 rings (SSSR count). The molecule has 1 fully saturated rings. The van der Waals surface area contributed by atoms with Crippen LogP contribution in [0.25, 0.3) is 0 Å². The highest BCUT2D eigenvalue weighted by Gasteiger charge is 2.39. The molecular weight excluding hydrogens is 234 g/mol. The van der Waals surface area contributed by atoms with Crippen LogP contribution in [-0.2, 0) is 6.54 Å². The lowest BCUT2D eigenvalue weighted by molar-refractivity contribution is 0.0711. The first-order valence-electron chi connectivity index (χ1n) is 7.54. The molecule has 3 heteroatoms. The molecule has 0 atom stereocenters. The molecule has 19 heavy (non-hydrogen) atoms. The van der Waals surface area contributed by atoms with Crippen molar-refractivity contribution in [3.63, 3.8) is 0 Å². The van der Waals surface area contributed by atoms with Gasteiger partial charge in [0.25, 0.3) is 0 Å². The van der Waals surface area contributed by atoms with E-state index in [4.69, 9.17) is 0 Å². The Morgan fingerprint density at radius 3 is 2.47 bits per heavy atom. The molecule has 1 saturated carbocycles. The summed E-state index contributed by atoms with van der Waals surface area (Å²) < 4.78 is 2.41. The van der Waals surface area contributed by atoms with E-state index in [1.54, 1.807) is 0 Å². The summed E-state index contributed by atoms with van der Waals surface area (Å²) in [5.74, 6) is 0. The Kier molecular flexibility index (Phi) is 4.05. The zero-order valence-electron chi connectivity index (χ0n) is 13.2. The van der Waals surface area contributed by atoms with Crippen LogP contribution in [-0.4, -0.2) is 16.1 Å². The van der Waals surface area contributed by atoms with E-state index in [1.807, 2.05) is 12.5 Å². The van der Waals surface area contributed by atoms with Crippen LogP contribution in [0, 0.1) is 10.8 Å². The van der Waals surface area contributed by atoms with Gasteiger partial charge in [-0.3, -0.25) is 0 Å². The van der Waals surface area contributed by atoms with E-state index in [2.05, 4.69) is 49.5 Å². The molecule has 0 bridgehead atoms. The van der Waals surface area contributed by atoms with Crippen LogP contribution in [0.2, 0.25) is 0 Å². The Morgan fingerprint density at radius 2 is 1.89 bits per heavy atom. The molecule has 0 saturated heterocycles. The van der Waals surface area contributed by atoms with Crippen molar-refractivity contribution in [2.24, 2.45) is 10.8 Å². The van der Waals surface area contributed by atoms with Gasteiger partial charge in [0.2, 0.25) is 0 Å². The standard InChI is InChI=1S/C16H29N3/c1-6-17-9-14-10-18-12-19(14)13-7-15(2,3)11-16(4,5)8-13/h10,12-13,17H,6-9,11H2,1-5H3. The quantitative estimate of drug-likeness (QED) is 0.896. The van der Waals surface area contributed by atoms with Gasteiger partial charge in [0, 0.05) is 18.8 Å². The second-order valence-electron chi connectivity index (χ2n) is 7.64. The van der Waals surface area contributed by atoms with Crippen LogP contribution in [0.5, 0.6) is 0 Å². The van der Waals surface area contributed by atoms with Gasteiger partial charge in [0.15, 0.2) is 0 Å². The third-order valence-electron chi connectivity index (χ3n) is 4.23. The second-order valence-corrected chi connectivity index (χ2v) is 7.64. The third-order valence-corrected chi connectivity index (χ3v) is 4.23. The van der Waals surface area contributed by atoms with Crippen molar-refractivity contribution < 1.29 is 0 Å². The molecule has 0 radical (unpaired) electrons. The Bertz CT molecular complexity index is 401. The molecule has 1 heterocycles. The first kappa shape index (κ1) is 14.6. The first-order valence-corrected chi connectivity index (χ1v) is 7.54. The van der Waals surface area contributed by atoms with E-state index in [0.29, 0.717) is 16.9 Å². The van der Waals surface area contributed by atoms with E-state index in [0.717, 1.165) is 13.1 Å². The fourth-order valence-corrected chi connectivity index (χ4v) is 4.04. The van der Waals surface area contributed by atoms with Gasteiger partial charge >= 0.3 is 0 Å². The highest BCUT2D eigenvalue weighted by molar-refractivity contribution is 5.03. The molecule has 0 amide bonds. The lowest BCUT2D eigenvalue weighted by atomic mass is 9.63. The molecule has 1 aromatic heterocycles. The summed E-state index contributed by atoms with van der Waals surface area (Å²) in [6, 6.07) is 0.593. The van der Waals surface area contributed by atoms with Crippen molar-refractivity contribution in [2.75, 3.05) is 6.54 Å². The van der Waals surface area contributed by atoms with Gasteiger partial charge in [-0.1, -0.05) is 34.6 Å². The van der Waals surface area contributed by atoms with Crippen LogP contribution in [0.15, 0.2) is 12.5 Å². The van der Waals surface area contributed by atoms with Crippen molar-refractivity contribution >= 4 is 0 Å². The number of hydrogen-bond donors (Lipinski definition) is 1. The number of hydrogen-bond acceptors (Lipinski definition) is 2. The Labute approximate surface area is 117 Å². The molecule has 1 aliphatic rings. The highest BCUT2D eigenvalue weighted by atomic mass is 15.1. The smallest absolute Gasteiger partial charge is 0.0951 e. The minimum atomic E-state index is 0.423. The summed E-state index contributed by atoms with van der Waals surface area (Å²) >= 11 is 0. The molecule has 0 unspecified atom stereocenters. The predicted molar refractivity (Wildman–Crippen MR) is 80.1 cm³/mol. The zero-order chi connectivity index (χ0) is 14.1.